The van der Waals surface area contributed by atoms with E-state index in [9.17, 15) is 9.90 Å². The minimum Gasteiger partial charge on any atom is -0.508 e. The topological polar surface area (TPSA) is 120 Å². The smallest absolute Gasteiger partial charge is 0.254 e. The first-order chi connectivity index (χ1) is 12.4. The maximum absolute atomic E-state index is 12.0. The Bertz CT molecular complexity index is 1100. The Labute approximate surface area is 143 Å². The Morgan fingerprint density at radius 1 is 1.25 bits per heavy atom. The Morgan fingerprint density at radius 2 is 1.96 bits per heavy atom. The predicted molar refractivity (Wildman–Crippen MR) is 92.4 cm³/mol. The van der Waals surface area contributed by atoms with Crippen LogP contribution in [0.5, 0.6) is 5.75 Å². The van der Waals surface area contributed by atoms with Gasteiger partial charge in [-0.2, -0.15) is 0 Å². The fraction of sp³-hybridized carbons (Fsp3) is 0.235. The van der Waals surface area contributed by atoms with E-state index in [-0.39, 0.29) is 39.7 Å². The molecule has 3 aromatic rings. The van der Waals surface area contributed by atoms with Crippen molar-refractivity contribution in [2.45, 2.75) is 27.6 Å². The molecule has 0 saturated heterocycles. The number of aromatic nitrogens is 3. The van der Waals surface area contributed by atoms with Crippen molar-refractivity contribution in [2.24, 2.45) is 5.73 Å². The maximum Gasteiger partial charge on any atom is 0.254 e. The predicted octanol–water partition coefficient (Wildman–Crippen LogP) is 2.04. The number of carbonyl (C=O) groups excluding carboxylic acids is 1. The van der Waals surface area contributed by atoms with Crippen molar-refractivity contribution < 1.29 is 14.0 Å². The fourth-order valence-electron chi connectivity index (χ4n) is 2.82. The van der Waals surface area contributed by atoms with Crippen LogP contribution >= 0.6 is 0 Å². The number of fused-ring (bicyclic) bond motifs is 1. The molecule has 0 fully saturated rings. The highest BCUT2D eigenvalue weighted by Crippen LogP contribution is 2.35. The van der Waals surface area contributed by atoms with Crippen LogP contribution < -0.4 is 11.5 Å². The van der Waals surface area contributed by atoms with Crippen molar-refractivity contribution >= 4 is 22.9 Å². The van der Waals surface area contributed by atoms with Crippen molar-refractivity contribution in [1.82, 2.24) is 14.5 Å². The molecule has 2 heterocycles. The molecule has 0 radical (unpaired) electrons. The number of anilines is 1. The fourth-order valence-corrected chi connectivity index (χ4v) is 2.82. The first-order valence-electron chi connectivity index (χ1n) is 8.73. The van der Waals surface area contributed by atoms with Crippen LogP contribution in [0.2, 0.25) is 0 Å². The van der Waals surface area contributed by atoms with Crippen LogP contribution in [0, 0.1) is 27.6 Å². The molecule has 3 rings (SSSR count). The molecule has 0 unspecified atom stereocenters. The lowest BCUT2D eigenvalue weighted by molar-refractivity contribution is 0.100. The van der Waals surface area contributed by atoms with Gasteiger partial charge >= 0.3 is 0 Å². The molecule has 7 heteroatoms. The van der Waals surface area contributed by atoms with Gasteiger partial charge in [0.2, 0.25) is 0 Å². The molecular weight excluding hydrogens is 306 g/mol. The number of phenolic OH excluding ortho intramolecular Hbond substituents is 1. The summed E-state index contributed by atoms with van der Waals surface area (Å²) in [7, 11) is 0. The van der Waals surface area contributed by atoms with E-state index in [4.69, 9.17) is 15.6 Å². The molecule has 5 N–H and O–H groups in total. The minimum absolute atomic E-state index is 0.0172. The van der Waals surface area contributed by atoms with E-state index in [0.29, 0.717) is 11.3 Å². The molecule has 1 amide bonds. The van der Waals surface area contributed by atoms with Crippen molar-refractivity contribution in [1.29, 1.82) is 0 Å². The van der Waals surface area contributed by atoms with E-state index in [1.165, 1.54) is 17.6 Å². The number of nitrogens with zero attached hydrogens (tertiary/aromatic N) is 3. The average molecular weight is 328 g/mol. The Balaban J connectivity index is 2.56. The number of aryl methyl sites for hydroxylation is 3. The van der Waals surface area contributed by atoms with Gasteiger partial charge in [-0.3, -0.25) is 9.36 Å². The minimum atomic E-state index is -2.50. The van der Waals surface area contributed by atoms with Gasteiger partial charge in [0.1, 0.15) is 22.6 Å². The third-order valence-corrected chi connectivity index (χ3v) is 4.07. The molecule has 0 saturated carbocycles. The summed E-state index contributed by atoms with van der Waals surface area (Å²) in [5.41, 5.74) is 13.5. The molecule has 2 aromatic heterocycles. The number of hydrogen-bond acceptors (Lipinski definition) is 5. The number of primary amides is 1. The average Bonchev–Trinajstić information content (AvgIpc) is 2.81. The van der Waals surface area contributed by atoms with Gasteiger partial charge < -0.3 is 16.6 Å². The molecule has 0 atom stereocenters. The Kier molecular flexibility index (Phi) is 2.69. The lowest BCUT2D eigenvalue weighted by Crippen LogP contribution is -2.14. The molecule has 7 nitrogen and oxygen atoms in total. The summed E-state index contributed by atoms with van der Waals surface area (Å²) in [6, 6.07) is 3.22. The van der Waals surface area contributed by atoms with Gasteiger partial charge in [0.05, 0.1) is 17.1 Å². The monoisotopic (exact) mass is 328 g/mol. The summed E-state index contributed by atoms with van der Waals surface area (Å²) in [6.45, 7) is 2.48. The van der Waals surface area contributed by atoms with Crippen LogP contribution in [-0.2, 0) is 0 Å². The summed E-state index contributed by atoms with van der Waals surface area (Å²) in [5, 5.41) is 10.1. The highest BCUT2D eigenvalue weighted by molar-refractivity contribution is 6.09. The van der Waals surface area contributed by atoms with Gasteiger partial charge in [-0.25, -0.2) is 9.97 Å². The van der Waals surface area contributed by atoms with Crippen LogP contribution in [0.15, 0.2) is 12.1 Å². The summed E-state index contributed by atoms with van der Waals surface area (Å²) in [4.78, 5) is 20.5. The zero-order valence-electron chi connectivity index (χ0n) is 16.5. The third kappa shape index (κ3) is 2.09. The second-order valence-electron chi connectivity index (χ2n) is 5.66. The molecule has 0 spiro atoms. The van der Waals surface area contributed by atoms with E-state index < -0.39 is 12.8 Å². The van der Waals surface area contributed by atoms with Crippen LogP contribution in [0.4, 0.5) is 5.82 Å². The number of nitrogens with two attached hydrogens (primary N) is 2. The van der Waals surface area contributed by atoms with Crippen LogP contribution in [0.25, 0.3) is 16.9 Å². The second-order valence-corrected chi connectivity index (χ2v) is 5.66. The molecule has 1 aromatic carbocycles. The number of nitrogen functional groups attached to an aromatic ring is 1. The number of aromatic hydroxyl groups is 1. The van der Waals surface area contributed by atoms with Crippen molar-refractivity contribution in [3.8, 4) is 11.4 Å². The SMILES string of the molecule is [2H]C([2H])([2H])c1nc2c(nc1C)c(C(N)=O)c(N)n2-c1c(C)ccc(O)c1C. The Hall–Kier alpha value is -3.09. The standard InChI is InChI=1S/C17H19N5O2/c1-7-5-6-11(23)8(2)14(7)22-15(18)12(16(19)24)13-17(22)21-10(4)9(3)20-13/h5-6,23H,18H2,1-4H3,(H2,19,24)/i4D3. The number of rotatable bonds is 2. The van der Waals surface area contributed by atoms with Crippen LogP contribution in [-0.4, -0.2) is 25.5 Å². The largest absolute Gasteiger partial charge is 0.508 e. The quantitative estimate of drug-likeness (QED) is 0.665. The van der Waals surface area contributed by atoms with Gasteiger partial charge in [-0.1, -0.05) is 6.07 Å². The van der Waals surface area contributed by atoms with Gasteiger partial charge in [-0.15, -0.1) is 0 Å². The van der Waals surface area contributed by atoms with Gasteiger partial charge in [0.25, 0.3) is 5.91 Å². The Morgan fingerprint density at radius 3 is 2.58 bits per heavy atom. The van der Waals surface area contributed by atoms with Gasteiger partial charge in [0, 0.05) is 9.68 Å². The molecule has 0 aliphatic heterocycles. The lowest BCUT2D eigenvalue weighted by Gasteiger charge is -2.15. The van der Waals surface area contributed by atoms with Gasteiger partial charge in [-0.05, 0) is 39.3 Å². The van der Waals surface area contributed by atoms with E-state index in [1.54, 1.807) is 19.9 Å². The molecule has 0 aliphatic carbocycles. The lowest BCUT2D eigenvalue weighted by atomic mass is 10.1. The zero-order valence-corrected chi connectivity index (χ0v) is 13.5. The molecule has 124 valence electrons. The van der Waals surface area contributed by atoms with E-state index in [0.717, 1.165) is 5.56 Å². The maximum atomic E-state index is 12.0. The number of hydrogen-bond donors (Lipinski definition) is 3. The third-order valence-electron chi connectivity index (χ3n) is 4.07. The summed E-state index contributed by atoms with van der Waals surface area (Å²) >= 11 is 0. The van der Waals surface area contributed by atoms with Crippen LogP contribution in [0.1, 0.15) is 37.0 Å². The molecule has 24 heavy (non-hydrogen) atoms. The zero-order chi connectivity index (χ0) is 20.3. The normalized spacial score (nSPS) is 13.5. The summed E-state index contributed by atoms with van der Waals surface area (Å²) in [5.74, 6) is -0.799. The summed E-state index contributed by atoms with van der Waals surface area (Å²) < 4.78 is 24.5. The number of phenols is 1. The number of carbonyl (C=O) groups is 1. The second kappa shape index (κ2) is 5.23. The first-order valence-corrected chi connectivity index (χ1v) is 7.23. The molecule has 0 bridgehead atoms. The van der Waals surface area contributed by atoms with E-state index in [1.807, 2.05) is 0 Å². The molecule has 0 aliphatic rings. The van der Waals surface area contributed by atoms with Crippen molar-refractivity contribution in [2.75, 3.05) is 5.73 Å². The van der Waals surface area contributed by atoms with Gasteiger partial charge in [0.15, 0.2) is 5.65 Å². The van der Waals surface area contributed by atoms with Crippen molar-refractivity contribution in [3.63, 3.8) is 0 Å². The first kappa shape index (κ1) is 12.3. The van der Waals surface area contributed by atoms with E-state index in [2.05, 4.69) is 9.97 Å². The van der Waals surface area contributed by atoms with Crippen LogP contribution in [0.3, 0.4) is 0 Å². The number of benzene rings is 1. The summed E-state index contributed by atoms with van der Waals surface area (Å²) in [6.07, 6.45) is 0. The highest BCUT2D eigenvalue weighted by Gasteiger charge is 2.25. The number of amides is 1. The molecular formula is C17H19N5O2. The van der Waals surface area contributed by atoms with E-state index >= 15 is 0 Å². The van der Waals surface area contributed by atoms with Crippen molar-refractivity contribution in [3.05, 3.63) is 40.2 Å². The highest BCUT2D eigenvalue weighted by atomic mass is 16.3.